The summed E-state index contributed by atoms with van der Waals surface area (Å²) in [5.74, 6) is -0.129. The molecule has 0 amide bonds. The molecule has 1 saturated carbocycles. The molecule has 0 saturated heterocycles. The number of aromatic nitrogens is 2. The van der Waals surface area contributed by atoms with Gasteiger partial charge in [-0.1, -0.05) is 13.3 Å². The fourth-order valence-electron chi connectivity index (χ4n) is 2.48. The van der Waals surface area contributed by atoms with Crippen molar-refractivity contribution >= 4 is 11.9 Å². The standard InChI is InChI=1S/C14H21N3O3/c1-3-7-20-12-8-9(2)15-14(17-12)16-11-6-4-5-10(11)13(18)19/h8,10-11H,3-7H2,1-2H3,(H,18,19)(H,15,16,17). The van der Waals surface area contributed by atoms with Crippen LogP contribution in [0.5, 0.6) is 5.88 Å². The Bertz CT molecular complexity index is 479. The van der Waals surface area contributed by atoms with Gasteiger partial charge in [-0.15, -0.1) is 0 Å². The Morgan fingerprint density at radius 1 is 1.50 bits per heavy atom. The summed E-state index contributed by atoms with van der Waals surface area (Å²) in [7, 11) is 0. The lowest BCUT2D eigenvalue weighted by atomic mass is 10.0. The van der Waals surface area contributed by atoms with Crippen molar-refractivity contribution in [2.75, 3.05) is 11.9 Å². The first-order valence-corrected chi connectivity index (χ1v) is 7.08. The number of hydrogen-bond donors (Lipinski definition) is 2. The van der Waals surface area contributed by atoms with E-state index in [-0.39, 0.29) is 12.0 Å². The zero-order valence-electron chi connectivity index (χ0n) is 11.9. The lowest BCUT2D eigenvalue weighted by Gasteiger charge is -2.18. The fraction of sp³-hybridized carbons (Fsp3) is 0.643. The quantitative estimate of drug-likeness (QED) is 0.830. The van der Waals surface area contributed by atoms with E-state index in [0.29, 0.717) is 24.9 Å². The third-order valence-corrected chi connectivity index (χ3v) is 3.43. The highest BCUT2D eigenvalue weighted by atomic mass is 16.5. The molecule has 0 bridgehead atoms. The van der Waals surface area contributed by atoms with Crippen LogP contribution in [0.4, 0.5) is 5.95 Å². The summed E-state index contributed by atoms with van der Waals surface area (Å²) < 4.78 is 5.51. The number of hydrogen-bond acceptors (Lipinski definition) is 5. The highest BCUT2D eigenvalue weighted by Gasteiger charge is 2.33. The lowest BCUT2D eigenvalue weighted by molar-refractivity contribution is -0.141. The molecule has 1 aromatic heterocycles. The maximum Gasteiger partial charge on any atom is 0.308 e. The summed E-state index contributed by atoms with van der Waals surface area (Å²) >= 11 is 0. The minimum atomic E-state index is -0.755. The van der Waals surface area contributed by atoms with Crippen molar-refractivity contribution < 1.29 is 14.6 Å². The van der Waals surface area contributed by atoms with Gasteiger partial charge in [0, 0.05) is 17.8 Å². The van der Waals surface area contributed by atoms with E-state index in [1.54, 1.807) is 6.07 Å². The predicted molar refractivity (Wildman–Crippen MR) is 74.9 cm³/mol. The van der Waals surface area contributed by atoms with E-state index >= 15 is 0 Å². The summed E-state index contributed by atoms with van der Waals surface area (Å²) in [6, 6.07) is 1.68. The van der Waals surface area contributed by atoms with E-state index in [1.165, 1.54) is 0 Å². The van der Waals surface area contributed by atoms with Crippen molar-refractivity contribution in [2.24, 2.45) is 5.92 Å². The largest absolute Gasteiger partial charge is 0.481 e. The van der Waals surface area contributed by atoms with E-state index in [2.05, 4.69) is 15.3 Å². The normalized spacial score (nSPS) is 21.7. The van der Waals surface area contributed by atoms with Crippen LogP contribution in [0.1, 0.15) is 38.3 Å². The molecule has 2 N–H and O–H groups in total. The van der Waals surface area contributed by atoms with Crippen LogP contribution in [0.25, 0.3) is 0 Å². The Labute approximate surface area is 118 Å². The van der Waals surface area contributed by atoms with Gasteiger partial charge in [0.1, 0.15) is 0 Å². The van der Waals surface area contributed by atoms with Gasteiger partial charge in [-0.2, -0.15) is 4.98 Å². The number of carbonyl (C=O) groups is 1. The van der Waals surface area contributed by atoms with Gasteiger partial charge in [0.15, 0.2) is 0 Å². The molecular weight excluding hydrogens is 258 g/mol. The maximum absolute atomic E-state index is 11.2. The second-order valence-electron chi connectivity index (χ2n) is 5.15. The minimum Gasteiger partial charge on any atom is -0.481 e. The van der Waals surface area contributed by atoms with Crippen LogP contribution in [0.2, 0.25) is 0 Å². The van der Waals surface area contributed by atoms with Gasteiger partial charge in [-0.25, -0.2) is 4.98 Å². The second-order valence-corrected chi connectivity index (χ2v) is 5.15. The van der Waals surface area contributed by atoms with Crippen molar-refractivity contribution in [3.8, 4) is 5.88 Å². The Morgan fingerprint density at radius 2 is 2.30 bits per heavy atom. The predicted octanol–water partition coefficient (Wildman–Crippen LogP) is 2.24. The van der Waals surface area contributed by atoms with Gasteiger partial charge in [0.05, 0.1) is 12.5 Å². The molecule has 1 aromatic rings. The molecule has 1 aliphatic rings. The van der Waals surface area contributed by atoms with Crippen LogP contribution in [0.3, 0.4) is 0 Å². The number of ether oxygens (including phenoxy) is 1. The van der Waals surface area contributed by atoms with Gasteiger partial charge < -0.3 is 15.2 Å². The molecule has 1 heterocycles. The van der Waals surface area contributed by atoms with Crippen LogP contribution in [0, 0.1) is 12.8 Å². The lowest BCUT2D eigenvalue weighted by Crippen LogP contribution is -2.30. The first kappa shape index (κ1) is 14.6. The van der Waals surface area contributed by atoms with Gasteiger partial charge >= 0.3 is 5.97 Å². The number of aryl methyl sites for hydroxylation is 1. The van der Waals surface area contributed by atoms with Crippen molar-refractivity contribution in [1.82, 2.24) is 9.97 Å². The molecule has 2 atom stereocenters. The van der Waals surface area contributed by atoms with Gasteiger partial charge in [-0.05, 0) is 26.2 Å². The maximum atomic E-state index is 11.2. The molecule has 6 heteroatoms. The van der Waals surface area contributed by atoms with Crippen LogP contribution < -0.4 is 10.1 Å². The SMILES string of the molecule is CCCOc1cc(C)nc(NC2CCCC2C(=O)O)n1. The molecule has 0 spiro atoms. The molecule has 2 unspecified atom stereocenters. The Hall–Kier alpha value is -1.85. The van der Waals surface area contributed by atoms with Crippen molar-refractivity contribution in [1.29, 1.82) is 0 Å². The fourth-order valence-corrected chi connectivity index (χ4v) is 2.48. The molecule has 0 aliphatic heterocycles. The van der Waals surface area contributed by atoms with E-state index in [0.717, 1.165) is 25.0 Å². The summed E-state index contributed by atoms with van der Waals surface area (Å²) in [5, 5.41) is 12.3. The summed E-state index contributed by atoms with van der Waals surface area (Å²) in [6.07, 6.45) is 3.37. The molecule has 1 aliphatic carbocycles. The number of nitrogens with one attached hydrogen (secondary N) is 1. The molecule has 20 heavy (non-hydrogen) atoms. The molecule has 2 rings (SSSR count). The smallest absolute Gasteiger partial charge is 0.308 e. The first-order valence-electron chi connectivity index (χ1n) is 7.08. The topological polar surface area (TPSA) is 84.3 Å². The van der Waals surface area contributed by atoms with Crippen molar-refractivity contribution in [3.05, 3.63) is 11.8 Å². The molecule has 110 valence electrons. The summed E-state index contributed by atoms with van der Waals surface area (Å²) in [4.78, 5) is 19.8. The number of carboxylic acids is 1. The third kappa shape index (κ3) is 3.59. The second kappa shape index (κ2) is 6.54. The number of aliphatic carboxylic acids is 1. The highest BCUT2D eigenvalue weighted by molar-refractivity contribution is 5.72. The van der Waals surface area contributed by atoms with E-state index < -0.39 is 5.97 Å². The Kier molecular flexibility index (Phi) is 4.76. The Morgan fingerprint density at radius 3 is 3.00 bits per heavy atom. The molecular formula is C14H21N3O3. The number of carboxylic acid groups (broad SMARTS) is 1. The van der Waals surface area contributed by atoms with E-state index in [9.17, 15) is 9.90 Å². The summed E-state index contributed by atoms with van der Waals surface area (Å²) in [5.41, 5.74) is 0.804. The van der Waals surface area contributed by atoms with Crippen LogP contribution in [0.15, 0.2) is 6.07 Å². The minimum absolute atomic E-state index is 0.103. The highest BCUT2D eigenvalue weighted by Crippen LogP contribution is 2.28. The average molecular weight is 279 g/mol. The average Bonchev–Trinajstić information content (AvgIpc) is 2.84. The van der Waals surface area contributed by atoms with Crippen molar-refractivity contribution in [3.63, 3.8) is 0 Å². The Balaban J connectivity index is 2.08. The van der Waals surface area contributed by atoms with Crippen LogP contribution in [-0.4, -0.2) is 33.7 Å². The summed E-state index contributed by atoms with van der Waals surface area (Å²) in [6.45, 7) is 4.51. The molecule has 6 nitrogen and oxygen atoms in total. The first-order chi connectivity index (χ1) is 9.60. The molecule has 0 aromatic carbocycles. The van der Waals surface area contributed by atoms with Gasteiger partial charge in [-0.3, -0.25) is 4.79 Å². The number of anilines is 1. The van der Waals surface area contributed by atoms with Crippen LogP contribution in [-0.2, 0) is 4.79 Å². The van der Waals surface area contributed by atoms with E-state index in [1.807, 2.05) is 13.8 Å². The number of nitrogens with zero attached hydrogens (tertiary/aromatic N) is 2. The monoisotopic (exact) mass is 279 g/mol. The zero-order chi connectivity index (χ0) is 14.5. The molecule has 1 fully saturated rings. The third-order valence-electron chi connectivity index (χ3n) is 3.43. The van der Waals surface area contributed by atoms with Crippen molar-refractivity contribution in [2.45, 2.75) is 45.6 Å². The number of rotatable bonds is 6. The van der Waals surface area contributed by atoms with E-state index in [4.69, 9.17) is 4.74 Å². The van der Waals surface area contributed by atoms with Gasteiger partial charge in [0.25, 0.3) is 0 Å². The van der Waals surface area contributed by atoms with Crippen LogP contribution >= 0.6 is 0 Å². The van der Waals surface area contributed by atoms with Gasteiger partial charge in [0.2, 0.25) is 11.8 Å². The zero-order valence-corrected chi connectivity index (χ0v) is 11.9. The molecule has 0 radical (unpaired) electrons.